The number of hydrogen-bond acceptors (Lipinski definition) is 3. The van der Waals surface area contributed by atoms with Gasteiger partial charge in [0.1, 0.15) is 5.82 Å². The third-order valence-electron chi connectivity index (χ3n) is 3.89. The maximum atomic E-state index is 12.8. The lowest BCUT2D eigenvalue weighted by molar-refractivity contribution is -0.137. The van der Waals surface area contributed by atoms with Crippen LogP contribution in [0.25, 0.3) is 0 Å². The molecular formula is C20H26F3N5. The van der Waals surface area contributed by atoms with Gasteiger partial charge in [0.05, 0.1) is 12.1 Å². The third-order valence-corrected chi connectivity index (χ3v) is 3.89. The summed E-state index contributed by atoms with van der Waals surface area (Å²) in [5, 5.41) is 9.56. The van der Waals surface area contributed by atoms with Crippen molar-refractivity contribution in [2.75, 3.05) is 25.0 Å². The molecule has 28 heavy (non-hydrogen) atoms. The van der Waals surface area contributed by atoms with E-state index in [4.69, 9.17) is 0 Å². The van der Waals surface area contributed by atoms with E-state index in [2.05, 4.69) is 25.9 Å². The second-order valence-electron chi connectivity index (χ2n) is 6.17. The van der Waals surface area contributed by atoms with Crippen molar-refractivity contribution < 1.29 is 13.2 Å². The van der Waals surface area contributed by atoms with Crippen molar-refractivity contribution >= 4 is 11.8 Å². The van der Waals surface area contributed by atoms with E-state index in [9.17, 15) is 13.2 Å². The van der Waals surface area contributed by atoms with Crippen LogP contribution in [-0.2, 0) is 12.7 Å². The van der Waals surface area contributed by atoms with Crippen LogP contribution in [0.2, 0.25) is 0 Å². The summed E-state index contributed by atoms with van der Waals surface area (Å²) in [5.41, 5.74) is -0.134. The normalized spacial score (nSPS) is 11.9. The van der Waals surface area contributed by atoms with Crippen molar-refractivity contribution in [1.82, 2.24) is 15.6 Å². The van der Waals surface area contributed by atoms with Crippen LogP contribution in [-0.4, -0.2) is 30.6 Å². The zero-order chi connectivity index (χ0) is 20.2. The number of aliphatic imine (C=N–C) groups is 1. The van der Waals surface area contributed by atoms with Gasteiger partial charge in [-0.3, -0.25) is 0 Å². The minimum absolute atomic E-state index is 0.181. The number of halogens is 3. The number of aromatic nitrogens is 1. The lowest BCUT2D eigenvalue weighted by Gasteiger charge is -2.12. The number of guanidine groups is 1. The number of pyridine rings is 1. The van der Waals surface area contributed by atoms with Crippen LogP contribution < -0.4 is 16.0 Å². The van der Waals surface area contributed by atoms with Crippen LogP contribution in [0.5, 0.6) is 0 Å². The largest absolute Gasteiger partial charge is 0.416 e. The van der Waals surface area contributed by atoms with Gasteiger partial charge < -0.3 is 16.0 Å². The van der Waals surface area contributed by atoms with Gasteiger partial charge in [0.2, 0.25) is 0 Å². The Morgan fingerprint density at radius 3 is 2.57 bits per heavy atom. The summed E-state index contributed by atoms with van der Waals surface area (Å²) in [6.07, 6.45) is -0.719. The number of nitrogens with one attached hydrogen (secondary N) is 3. The summed E-state index contributed by atoms with van der Waals surface area (Å²) in [6, 6.07) is 11.0. The number of unbranched alkanes of at least 4 members (excludes halogenated alkanes) is 1. The lowest BCUT2D eigenvalue weighted by atomic mass is 10.1. The van der Waals surface area contributed by atoms with Gasteiger partial charge >= 0.3 is 6.18 Å². The molecule has 0 saturated heterocycles. The number of benzene rings is 1. The minimum atomic E-state index is -4.34. The van der Waals surface area contributed by atoms with Crippen molar-refractivity contribution in [2.24, 2.45) is 4.99 Å². The Kier molecular flexibility index (Phi) is 8.58. The van der Waals surface area contributed by atoms with Crippen LogP contribution in [0.3, 0.4) is 0 Å². The first-order valence-electron chi connectivity index (χ1n) is 9.32. The molecule has 1 aromatic carbocycles. The van der Waals surface area contributed by atoms with Crippen LogP contribution >= 0.6 is 0 Å². The van der Waals surface area contributed by atoms with Gasteiger partial charge in [0.25, 0.3) is 0 Å². The van der Waals surface area contributed by atoms with Gasteiger partial charge in [-0.05, 0) is 49.6 Å². The van der Waals surface area contributed by atoms with Crippen molar-refractivity contribution in [3.63, 3.8) is 0 Å². The Morgan fingerprint density at radius 2 is 1.86 bits per heavy atom. The molecule has 0 saturated carbocycles. The highest BCUT2D eigenvalue weighted by molar-refractivity contribution is 5.79. The summed E-state index contributed by atoms with van der Waals surface area (Å²) in [7, 11) is 0. The summed E-state index contributed by atoms with van der Waals surface area (Å²) < 4.78 is 38.4. The monoisotopic (exact) mass is 393 g/mol. The van der Waals surface area contributed by atoms with Crippen molar-refractivity contribution in [1.29, 1.82) is 0 Å². The van der Waals surface area contributed by atoms with E-state index in [1.54, 1.807) is 12.3 Å². The Hall–Kier alpha value is -2.77. The Balaban J connectivity index is 1.76. The first-order chi connectivity index (χ1) is 13.5. The van der Waals surface area contributed by atoms with Gasteiger partial charge in [-0.1, -0.05) is 18.2 Å². The molecule has 0 unspecified atom stereocenters. The summed E-state index contributed by atoms with van der Waals surface area (Å²) in [5.74, 6) is 1.45. The molecule has 8 heteroatoms. The molecule has 0 amide bonds. The zero-order valence-corrected chi connectivity index (χ0v) is 15.9. The van der Waals surface area contributed by atoms with Gasteiger partial charge in [0, 0.05) is 25.8 Å². The molecule has 0 aliphatic rings. The maximum absolute atomic E-state index is 12.8. The fraction of sp³-hybridized carbons (Fsp3) is 0.400. The van der Waals surface area contributed by atoms with Crippen molar-refractivity contribution in [3.8, 4) is 0 Å². The third kappa shape index (κ3) is 7.85. The molecule has 3 N–H and O–H groups in total. The predicted molar refractivity (Wildman–Crippen MR) is 106 cm³/mol. The number of alkyl halides is 3. The molecular weight excluding hydrogens is 367 g/mol. The van der Waals surface area contributed by atoms with Crippen molar-refractivity contribution in [2.45, 2.75) is 32.5 Å². The van der Waals surface area contributed by atoms with Crippen LogP contribution in [0, 0.1) is 0 Å². The molecule has 2 aromatic rings. The quantitative estimate of drug-likeness (QED) is 0.342. The molecule has 0 fully saturated rings. The Morgan fingerprint density at radius 1 is 1.04 bits per heavy atom. The molecule has 0 atom stereocenters. The molecule has 152 valence electrons. The molecule has 1 aromatic heterocycles. The van der Waals surface area contributed by atoms with Gasteiger partial charge in [-0.2, -0.15) is 13.2 Å². The summed E-state index contributed by atoms with van der Waals surface area (Å²) in [6.45, 7) is 4.34. The number of hydrogen-bond donors (Lipinski definition) is 3. The lowest BCUT2D eigenvalue weighted by Crippen LogP contribution is -2.37. The van der Waals surface area contributed by atoms with Crippen LogP contribution in [0.1, 0.15) is 30.9 Å². The average molecular weight is 393 g/mol. The molecule has 0 aliphatic heterocycles. The smallest absolute Gasteiger partial charge is 0.370 e. The van der Waals surface area contributed by atoms with E-state index in [0.717, 1.165) is 43.9 Å². The number of nitrogens with zero attached hydrogens (tertiary/aromatic N) is 2. The van der Waals surface area contributed by atoms with E-state index >= 15 is 0 Å². The van der Waals surface area contributed by atoms with Crippen LogP contribution in [0.15, 0.2) is 53.7 Å². The van der Waals surface area contributed by atoms with E-state index in [0.29, 0.717) is 18.1 Å². The van der Waals surface area contributed by atoms with Gasteiger partial charge in [0.15, 0.2) is 5.96 Å². The van der Waals surface area contributed by atoms with Crippen molar-refractivity contribution in [3.05, 3.63) is 59.8 Å². The fourth-order valence-corrected chi connectivity index (χ4v) is 2.50. The Labute approximate surface area is 163 Å². The van der Waals surface area contributed by atoms with E-state index in [-0.39, 0.29) is 6.54 Å². The molecule has 0 radical (unpaired) electrons. The number of anilines is 1. The van der Waals surface area contributed by atoms with Gasteiger partial charge in [-0.15, -0.1) is 0 Å². The fourth-order valence-electron chi connectivity index (χ4n) is 2.50. The highest BCUT2D eigenvalue weighted by atomic mass is 19.4. The van der Waals surface area contributed by atoms with Gasteiger partial charge in [-0.25, -0.2) is 9.98 Å². The predicted octanol–water partition coefficient (Wildman–Crippen LogP) is 4.05. The molecule has 0 aliphatic carbocycles. The molecule has 5 nitrogen and oxygen atoms in total. The first-order valence-corrected chi connectivity index (χ1v) is 9.32. The average Bonchev–Trinajstić information content (AvgIpc) is 2.69. The highest BCUT2D eigenvalue weighted by Gasteiger charge is 2.30. The van der Waals surface area contributed by atoms with Crippen LogP contribution in [0.4, 0.5) is 19.0 Å². The summed E-state index contributed by atoms with van der Waals surface area (Å²) in [4.78, 5) is 8.57. The minimum Gasteiger partial charge on any atom is -0.370 e. The number of rotatable bonds is 9. The standard InChI is InChI=1S/C20H26F3N5/c1-2-24-19(27-13-6-5-12-26-18-10-3-4-11-25-18)28-15-16-8-7-9-17(14-16)20(21,22)23/h3-4,7-11,14H,2,5-6,12-13,15H2,1H3,(H,25,26)(H2,24,27,28). The molecule has 0 spiro atoms. The molecule has 2 rings (SSSR count). The molecule has 0 bridgehead atoms. The topological polar surface area (TPSA) is 61.3 Å². The van der Waals surface area contributed by atoms with E-state index in [1.165, 1.54) is 6.07 Å². The highest BCUT2D eigenvalue weighted by Crippen LogP contribution is 2.29. The van der Waals surface area contributed by atoms with E-state index in [1.807, 2.05) is 25.1 Å². The van der Waals surface area contributed by atoms with E-state index < -0.39 is 11.7 Å². The second kappa shape index (κ2) is 11.2. The first kappa shape index (κ1) is 21.5. The maximum Gasteiger partial charge on any atom is 0.416 e. The SMILES string of the molecule is CCNC(=NCc1cccc(C(F)(F)F)c1)NCCCCNc1ccccn1. The Bertz CT molecular complexity index is 732. The molecule has 1 heterocycles. The second-order valence-corrected chi connectivity index (χ2v) is 6.17. The zero-order valence-electron chi connectivity index (χ0n) is 15.9. The summed E-state index contributed by atoms with van der Waals surface area (Å²) >= 11 is 0.